The molecular formula is C8H13NO5. The average molecular weight is 203 g/mol. The van der Waals surface area contributed by atoms with Crippen LogP contribution in [0.25, 0.3) is 0 Å². The van der Waals surface area contributed by atoms with Crippen molar-refractivity contribution in [2.75, 3.05) is 0 Å². The van der Waals surface area contributed by atoms with Gasteiger partial charge in [-0.3, -0.25) is 9.59 Å². The number of hydrogen-bond acceptors (Lipinski definition) is 5. The molecule has 0 saturated carbocycles. The quantitative estimate of drug-likeness (QED) is 0.451. The molecule has 0 rings (SSSR count). The summed E-state index contributed by atoms with van der Waals surface area (Å²) in [5.41, 5.74) is 0. The summed E-state index contributed by atoms with van der Waals surface area (Å²) in [7, 11) is 0. The second kappa shape index (κ2) is 5.33. The minimum atomic E-state index is -1.21. The Kier molecular flexibility index (Phi) is 4.79. The molecule has 6 nitrogen and oxygen atoms in total. The lowest BCUT2D eigenvalue weighted by Gasteiger charge is -2.12. The third-order valence-corrected chi connectivity index (χ3v) is 1.34. The summed E-state index contributed by atoms with van der Waals surface area (Å²) in [5.74, 6) is -2.29. The van der Waals surface area contributed by atoms with E-state index < -0.39 is 30.0 Å². The van der Waals surface area contributed by atoms with Crippen LogP contribution in [0, 0.1) is 0 Å². The second-order valence-electron chi connectivity index (χ2n) is 2.82. The summed E-state index contributed by atoms with van der Waals surface area (Å²) in [5, 5.41) is 11.0. The highest BCUT2D eigenvalue weighted by molar-refractivity contribution is 5.91. The van der Waals surface area contributed by atoms with Gasteiger partial charge < -0.3 is 15.2 Å². The largest absolute Gasteiger partial charge is 0.392 e. The van der Waals surface area contributed by atoms with Crippen LogP contribution in [0.1, 0.15) is 20.8 Å². The first-order valence-electron chi connectivity index (χ1n) is 4.05. The van der Waals surface area contributed by atoms with E-state index in [1.54, 1.807) is 0 Å². The maximum Gasteiger partial charge on any atom is 0.335 e. The van der Waals surface area contributed by atoms with Gasteiger partial charge in [-0.15, -0.1) is 0 Å². The van der Waals surface area contributed by atoms with Crippen LogP contribution in [-0.2, 0) is 19.1 Å². The van der Waals surface area contributed by atoms with Crippen LogP contribution in [0.3, 0.4) is 0 Å². The first kappa shape index (κ1) is 12.6. The molecule has 0 aromatic rings. The smallest absolute Gasteiger partial charge is 0.335 e. The molecule has 0 aromatic carbocycles. The zero-order valence-electron chi connectivity index (χ0n) is 8.23. The number of aliphatic hydroxyl groups is 1. The van der Waals surface area contributed by atoms with Crippen molar-refractivity contribution in [1.29, 1.82) is 0 Å². The highest BCUT2D eigenvalue weighted by Crippen LogP contribution is 1.90. The summed E-state index contributed by atoms with van der Waals surface area (Å²) in [4.78, 5) is 32.2. The Hall–Kier alpha value is -1.43. The second-order valence-corrected chi connectivity index (χ2v) is 2.82. The molecule has 0 heterocycles. The first-order valence-corrected chi connectivity index (χ1v) is 4.05. The van der Waals surface area contributed by atoms with Gasteiger partial charge in [-0.05, 0) is 13.8 Å². The number of esters is 2. The van der Waals surface area contributed by atoms with Crippen molar-refractivity contribution in [2.24, 2.45) is 0 Å². The number of hydrogen-bond donors (Lipinski definition) is 2. The van der Waals surface area contributed by atoms with E-state index in [1.807, 2.05) is 0 Å². The van der Waals surface area contributed by atoms with Crippen LogP contribution >= 0.6 is 0 Å². The molecule has 80 valence electrons. The van der Waals surface area contributed by atoms with Gasteiger partial charge in [-0.2, -0.15) is 0 Å². The van der Waals surface area contributed by atoms with Gasteiger partial charge in [0.05, 0.1) is 0 Å². The summed E-state index contributed by atoms with van der Waals surface area (Å²) in [6, 6.07) is -0.957. The molecule has 0 aliphatic rings. The van der Waals surface area contributed by atoms with Crippen LogP contribution in [0.4, 0.5) is 0 Å². The fraction of sp³-hybridized carbons (Fsp3) is 0.625. The Labute approximate surface area is 81.2 Å². The highest BCUT2D eigenvalue weighted by atomic mass is 16.6. The number of nitrogens with one attached hydrogen (secondary N) is 1. The lowest BCUT2D eigenvalue weighted by atomic mass is 10.3. The molecule has 6 heteroatoms. The van der Waals surface area contributed by atoms with Gasteiger partial charge in [0, 0.05) is 6.92 Å². The molecule has 0 aromatic heterocycles. The normalized spacial score (nSPS) is 14.0. The van der Waals surface area contributed by atoms with Crippen LogP contribution in [-0.4, -0.2) is 35.1 Å². The SMILES string of the molecule is CC(=O)OC(=O)[C@H](C)NC(=O)[C@H](C)O. The Morgan fingerprint density at radius 1 is 1.29 bits per heavy atom. The average Bonchev–Trinajstić information content (AvgIpc) is 2.02. The summed E-state index contributed by atoms with van der Waals surface area (Å²) in [6.45, 7) is 3.70. The number of carbonyl (C=O) groups excluding carboxylic acids is 3. The van der Waals surface area contributed by atoms with Crippen LogP contribution in [0.2, 0.25) is 0 Å². The number of rotatable bonds is 3. The van der Waals surface area contributed by atoms with Gasteiger partial charge in [-0.25, -0.2) is 4.79 Å². The Morgan fingerprint density at radius 2 is 1.79 bits per heavy atom. The van der Waals surface area contributed by atoms with Gasteiger partial charge in [0.15, 0.2) is 0 Å². The predicted octanol–water partition coefficient (Wildman–Crippen LogP) is -1.04. The zero-order chi connectivity index (χ0) is 11.3. The van der Waals surface area contributed by atoms with Crippen LogP contribution < -0.4 is 5.32 Å². The molecule has 0 aliphatic heterocycles. The lowest BCUT2D eigenvalue weighted by Crippen LogP contribution is -2.44. The summed E-state index contributed by atoms with van der Waals surface area (Å²) in [6.07, 6.45) is -1.21. The minimum absolute atomic E-state index is 0.696. The van der Waals surface area contributed by atoms with E-state index in [4.69, 9.17) is 5.11 Å². The van der Waals surface area contributed by atoms with Gasteiger partial charge in [-0.1, -0.05) is 0 Å². The number of amides is 1. The van der Waals surface area contributed by atoms with E-state index in [-0.39, 0.29) is 0 Å². The standard InChI is InChI=1S/C8H13NO5/c1-4(8(13)14-6(3)11)9-7(12)5(2)10/h4-5,10H,1-3H3,(H,9,12)/t4-,5-/m0/s1. The topological polar surface area (TPSA) is 92.7 Å². The van der Waals surface area contributed by atoms with Crippen LogP contribution in [0.15, 0.2) is 0 Å². The Morgan fingerprint density at radius 3 is 2.14 bits per heavy atom. The third-order valence-electron chi connectivity index (χ3n) is 1.34. The molecule has 0 unspecified atom stereocenters. The first-order chi connectivity index (χ1) is 6.34. The van der Waals surface area contributed by atoms with Crippen molar-refractivity contribution in [2.45, 2.75) is 32.9 Å². The van der Waals surface area contributed by atoms with Gasteiger partial charge in [0.2, 0.25) is 5.91 Å². The van der Waals surface area contributed by atoms with Gasteiger partial charge in [0.25, 0.3) is 0 Å². The minimum Gasteiger partial charge on any atom is -0.392 e. The van der Waals surface area contributed by atoms with Crippen molar-refractivity contribution in [3.05, 3.63) is 0 Å². The predicted molar refractivity (Wildman–Crippen MR) is 46.1 cm³/mol. The highest BCUT2D eigenvalue weighted by Gasteiger charge is 2.20. The fourth-order valence-corrected chi connectivity index (χ4v) is 0.623. The van der Waals surface area contributed by atoms with Crippen LogP contribution in [0.5, 0.6) is 0 Å². The molecule has 1 amide bonds. The third kappa shape index (κ3) is 4.56. The van der Waals surface area contributed by atoms with Crippen molar-refractivity contribution < 1.29 is 24.2 Å². The summed E-state index contributed by atoms with van der Waals surface area (Å²) >= 11 is 0. The fourth-order valence-electron chi connectivity index (χ4n) is 0.623. The number of ether oxygens (including phenoxy) is 1. The van der Waals surface area contributed by atoms with E-state index in [0.29, 0.717) is 0 Å². The van der Waals surface area contributed by atoms with Crippen molar-refractivity contribution in [3.63, 3.8) is 0 Å². The molecule has 0 fully saturated rings. The van der Waals surface area contributed by atoms with Crippen molar-refractivity contribution >= 4 is 17.8 Å². The van der Waals surface area contributed by atoms with Gasteiger partial charge in [0.1, 0.15) is 12.1 Å². The number of aliphatic hydroxyl groups excluding tert-OH is 1. The van der Waals surface area contributed by atoms with E-state index in [9.17, 15) is 14.4 Å². The molecule has 14 heavy (non-hydrogen) atoms. The molecule has 0 spiro atoms. The summed E-state index contributed by atoms with van der Waals surface area (Å²) < 4.78 is 4.22. The number of carbonyl (C=O) groups is 3. The lowest BCUT2D eigenvalue weighted by molar-refractivity contribution is -0.160. The van der Waals surface area contributed by atoms with Gasteiger partial charge >= 0.3 is 11.9 Å². The molecule has 0 radical (unpaired) electrons. The van der Waals surface area contributed by atoms with E-state index >= 15 is 0 Å². The van der Waals surface area contributed by atoms with E-state index in [1.165, 1.54) is 13.8 Å². The van der Waals surface area contributed by atoms with E-state index in [2.05, 4.69) is 10.1 Å². The maximum absolute atomic E-state index is 11.0. The Bertz CT molecular complexity index is 248. The maximum atomic E-state index is 11.0. The molecular weight excluding hydrogens is 190 g/mol. The van der Waals surface area contributed by atoms with Crippen molar-refractivity contribution in [1.82, 2.24) is 5.32 Å². The molecule has 0 bridgehead atoms. The van der Waals surface area contributed by atoms with E-state index in [0.717, 1.165) is 6.92 Å². The molecule has 2 atom stereocenters. The Balaban J connectivity index is 4.08. The molecule has 0 saturated heterocycles. The molecule has 2 N–H and O–H groups in total. The monoisotopic (exact) mass is 203 g/mol. The molecule has 0 aliphatic carbocycles. The van der Waals surface area contributed by atoms with Crippen molar-refractivity contribution in [3.8, 4) is 0 Å². The zero-order valence-corrected chi connectivity index (χ0v) is 8.23.